The maximum absolute atomic E-state index is 9.04. The van der Waals surface area contributed by atoms with Gasteiger partial charge in [0.2, 0.25) is 0 Å². The van der Waals surface area contributed by atoms with Crippen molar-refractivity contribution in [1.29, 1.82) is 5.26 Å². The van der Waals surface area contributed by atoms with E-state index in [1.807, 2.05) is 18.2 Å². The van der Waals surface area contributed by atoms with Crippen molar-refractivity contribution in [1.82, 2.24) is 0 Å². The van der Waals surface area contributed by atoms with E-state index in [0.717, 1.165) is 12.8 Å². The van der Waals surface area contributed by atoms with E-state index in [4.69, 9.17) is 10.00 Å². The van der Waals surface area contributed by atoms with Gasteiger partial charge < -0.3 is 4.74 Å². The van der Waals surface area contributed by atoms with Crippen LogP contribution in [0.5, 0.6) is 5.75 Å². The number of rotatable bonds is 2. The molecule has 1 aliphatic rings. The third kappa shape index (κ3) is 1.96. The number of nitriles is 1. The zero-order chi connectivity index (χ0) is 12.4. The second kappa shape index (κ2) is 4.54. The Kier molecular flexibility index (Phi) is 2.74. The average Bonchev–Trinajstić information content (AvgIpc) is 2.81. The van der Waals surface area contributed by atoms with Gasteiger partial charge in [0.15, 0.2) is 0 Å². The molecular weight excluding hydrogens is 222 g/mol. The van der Waals surface area contributed by atoms with E-state index >= 15 is 0 Å². The van der Waals surface area contributed by atoms with Crippen molar-refractivity contribution in [3.8, 4) is 11.8 Å². The van der Waals surface area contributed by atoms with Crippen molar-refractivity contribution in [3.63, 3.8) is 0 Å². The number of ether oxygens (including phenoxy) is 1. The summed E-state index contributed by atoms with van der Waals surface area (Å²) in [6, 6.07) is 18.0. The van der Waals surface area contributed by atoms with E-state index in [0.29, 0.717) is 11.3 Å². The molecule has 3 rings (SSSR count). The lowest BCUT2D eigenvalue weighted by atomic mass is 10.1. The molecule has 0 aromatic heterocycles. The summed E-state index contributed by atoms with van der Waals surface area (Å²) >= 11 is 0. The summed E-state index contributed by atoms with van der Waals surface area (Å²) in [5.41, 5.74) is 3.32. The summed E-state index contributed by atoms with van der Waals surface area (Å²) < 4.78 is 5.96. The van der Waals surface area contributed by atoms with Gasteiger partial charge in [-0.2, -0.15) is 5.26 Å². The Hall–Kier alpha value is -2.27. The maximum Gasteiger partial charge on any atom is 0.137 e. The first-order chi connectivity index (χ1) is 8.86. The highest BCUT2D eigenvalue weighted by atomic mass is 16.5. The highest BCUT2D eigenvalue weighted by molar-refractivity contribution is 5.43. The first-order valence-electron chi connectivity index (χ1n) is 6.09. The van der Waals surface area contributed by atoms with Crippen LogP contribution in [-0.4, -0.2) is 6.10 Å². The largest absolute Gasteiger partial charge is 0.488 e. The zero-order valence-corrected chi connectivity index (χ0v) is 9.97. The lowest BCUT2D eigenvalue weighted by Crippen LogP contribution is -2.16. The lowest BCUT2D eigenvalue weighted by Gasteiger charge is -2.13. The molecule has 0 atom stereocenters. The molecule has 2 nitrogen and oxygen atoms in total. The SMILES string of the molecule is N#Cc1ccccc1OC1Cc2ccccc2C1. The average molecular weight is 235 g/mol. The summed E-state index contributed by atoms with van der Waals surface area (Å²) in [6.45, 7) is 0. The van der Waals surface area contributed by atoms with Crippen molar-refractivity contribution in [2.75, 3.05) is 0 Å². The van der Waals surface area contributed by atoms with Crippen LogP contribution in [0.2, 0.25) is 0 Å². The molecule has 0 amide bonds. The first-order valence-corrected chi connectivity index (χ1v) is 6.09. The van der Waals surface area contributed by atoms with Gasteiger partial charge in [0.1, 0.15) is 17.9 Å². The van der Waals surface area contributed by atoms with E-state index in [-0.39, 0.29) is 6.10 Å². The topological polar surface area (TPSA) is 33.0 Å². The third-order valence-corrected chi connectivity index (χ3v) is 3.31. The summed E-state index contributed by atoms with van der Waals surface area (Å²) in [4.78, 5) is 0. The number of hydrogen-bond acceptors (Lipinski definition) is 2. The molecule has 0 saturated carbocycles. The second-order valence-corrected chi connectivity index (χ2v) is 4.52. The zero-order valence-electron chi connectivity index (χ0n) is 9.97. The van der Waals surface area contributed by atoms with Gasteiger partial charge in [-0.15, -0.1) is 0 Å². The fourth-order valence-corrected chi connectivity index (χ4v) is 2.44. The van der Waals surface area contributed by atoms with Gasteiger partial charge in [-0.1, -0.05) is 36.4 Å². The highest BCUT2D eigenvalue weighted by Crippen LogP contribution is 2.27. The molecule has 0 saturated heterocycles. The number of fused-ring (bicyclic) bond motifs is 1. The second-order valence-electron chi connectivity index (χ2n) is 4.52. The van der Waals surface area contributed by atoms with Crippen molar-refractivity contribution < 1.29 is 4.74 Å². The van der Waals surface area contributed by atoms with E-state index < -0.39 is 0 Å². The number of para-hydroxylation sites is 1. The minimum Gasteiger partial charge on any atom is -0.488 e. The molecule has 0 heterocycles. The van der Waals surface area contributed by atoms with E-state index in [9.17, 15) is 0 Å². The van der Waals surface area contributed by atoms with Gasteiger partial charge in [0.05, 0.1) is 5.56 Å². The lowest BCUT2D eigenvalue weighted by molar-refractivity contribution is 0.213. The van der Waals surface area contributed by atoms with E-state index in [2.05, 4.69) is 30.3 Å². The van der Waals surface area contributed by atoms with Crippen LogP contribution in [0.15, 0.2) is 48.5 Å². The third-order valence-electron chi connectivity index (χ3n) is 3.31. The number of hydrogen-bond donors (Lipinski definition) is 0. The van der Waals surface area contributed by atoms with Crippen LogP contribution in [-0.2, 0) is 12.8 Å². The Bertz CT molecular complexity index is 587. The van der Waals surface area contributed by atoms with Gasteiger partial charge >= 0.3 is 0 Å². The van der Waals surface area contributed by atoms with Crippen molar-refractivity contribution in [3.05, 3.63) is 65.2 Å². The molecule has 18 heavy (non-hydrogen) atoms. The Labute approximate surface area is 106 Å². The number of nitrogens with zero attached hydrogens (tertiary/aromatic N) is 1. The Morgan fingerprint density at radius 2 is 1.56 bits per heavy atom. The van der Waals surface area contributed by atoms with Crippen LogP contribution in [0, 0.1) is 11.3 Å². The molecule has 0 radical (unpaired) electrons. The van der Waals surface area contributed by atoms with Gasteiger partial charge in [0.25, 0.3) is 0 Å². The fraction of sp³-hybridized carbons (Fsp3) is 0.188. The van der Waals surface area contributed by atoms with Crippen molar-refractivity contribution >= 4 is 0 Å². The smallest absolute Gasteiger partial charge is 0.137 e. The van der Waals surface area contributed by atoms with Crippen LogP contribution >= 0.6 is 0 Å². The van der Waals surface area contributed by atoms with E-state index in [1.54, 1.807) is 6.07 Å². The Balaban J connectivity index is 1.79. The van der Waals surface area contributed by atoms with Crippen LogP contribution in [0.1, 0.15) is 16.7 Å². The van der Waals surface area contributed by atoms with Crippen LogP contribution in [0.25, 0.3) is 0 Å². The van der Waals surface area contributed by atoms with E-state index in [1.165, 1.54) is 11.1 Å². The normalized spacial score (nSPS) is 13.9. The predicted molar refractivity (Wildman–Crippen MR) is 69.4 cm³/mol. The molecule has 2 aromatic carbocycles. The molecule has 2 aromatic rings. The summed E-state index contributed by atoms with van der Waals surface area (Å²) in [7, 11) is 0. The molecule has 88 valence electrons. The van der Waals surface area contributed by atoms with Gasteiger partial charge in [-0.25, -0.2) is 0 Å². The highest BCUT2D eigenvalue weighted by Gasteiger charge is 2.22. The molecular formula is C16H13NO. The van der Waals surface area contributed by atoms with Crippen LogP contribution < -0.4 is 4.74 Å². The maximum atomic E-state index is 9.04. The van der Waals surface area contributed by atoms with Crippen molar-refractivity contribution in [2.45, 2.75) is 18.9 Å². The van der Waals surface area contributed by atoms with Crippen molar-refractivity contribution in [2.24, 2.45) is 0 Å². The minimum atomic E-state index is 0.150. The molecule has 0 bridgehead atoms. The number of benzene rings is 2. The minimum absolute atomic E-state index is 0.150. The molecule has 0 fully saturated rings. The monoisotopic (exact) mass is 235 g/mol. The van der Waals surface area contributed by atoms with Gasteiger partial charge in [0, 0.05) is 12.8 Å². The molecule has 0 N–H and O–H groups in total. The predicted octanol–water partition coefficient (Wildman–Crippen LogP) is 3.10. The Morgan fingerprint density at radius 1 is 0.944 bits per heavy atom. The standard InChI is InChI=1S/C16H13NO/c17-11-14-7-3-4-8-16(14)18-15-9-12-5-1-2-6-13(12)10-15/h1-8,15H,9-10H2. The summed E-state index contributed by atoms with van der Waals surface area (Å²) in [5.74, 6) is 0.692. The fourth-order valence-electron chi connectivity index (χ4n) is 2.44. The summed E-state index contributed by atoms with van der Waals surface area (Å²) in [5, 5.41) is 9.04. The molecule has 0 aliphatic heterocycles. The first kappa shape index (κ1) is 10.9. The Morgan fingerprint density at radius 3 is 2.22 bits per heavy atom. The van der Waals surface area contributed by atoms with Crippen LogP contribution in [0.4, 0.5) is 0 Å². The quantitative estimate of drug-likeness (QED) is 0.801. The van der Waals surface area contributed by atoms with Gasteiger partial charge in [-0.05, 0) is 23.3 Å². The molecule has 1 aliphatic carbocycles. The molecule has 0 unspecified atom stereocenters. The molecule has 2 heteroatoms. The van der Waals surface area contributed by atoms with Gasteiger partial charge in [-0.3, -0.25) is 0 Å². The van der Waals surface area contributed by atoms with Crippen LogP contribution in [0.3, 0.4) is 0 Å². The molecule has 0 spiro atoms. The summed E-state index contributed by atoms with van der Waals surface area (Å²) in [6.07, 6.45) is 2.00.